The van der Waals surface area contributed by atoms with Crippen molar-refractivity contribution in [3.05, 3.63) is 41.6 Å². The Balaban J connectivity index is 2.63. The Labute approximate surface area is 162 Å². The second-order valence-electron chi connectivity index (χ2n) is 6.87. The summed E-state index contributed by atoms with van der Waals surface area (Å²) in [6.45, 7) is 7.66. The third-order valence-electron chi connectivity index (χ3n) is 3.58. The van der Waals surface area contributed by atoms with Gasteiger partial charge in [0.1, 0.15) is 5.82 Å². The van der Waals surface area contributed by atoms with E-state index in [2.05, 4.69) is 5.10 Å². The second-order valence-corrected chi connectivity index (χ2v) is 9.39. The third kappa shape index (κ3) is 5.03. The number of aromatic nitrogens is 2. The maximum absolute atomic E-state index is 11.8. The number of halogens is 3. The van der Waals surface area contributed by atoms with Gasteiger partial charge in [0.15, 0.2) is 0 Å². The van der Waals surface area contributed by atoms with Crippen molar-refractivity contribution in [3.8, 4) is 5.69 Å². The van der Waals surface area contributed by atoms with Crippen molar-refractivity contribution < 1.29 is 9.90 Å². The fraction of sp³-hybridized carbons (Fsp3) is 0.412. The van der Waals surface area contributed by atoms with Crippen LogP contribution in [0.4, 0.5) is 10.6 Å². The van der Waals surface area contributed by atoms with E-state index >= 15 is 0 Å². The van der Waals surface area contributed by atoms with Crippen molar-refractivity contribution >= 4 is 46.7 Å². The number of alkyl halides is 3. The summed E-state index contributed by atoms with van der Waals surface area (Å²) in [6, 6.07) is 9.31. The van der Waals surface area contributed by atoms with Gasteiger partial charge < -0.3 is 5.11 Å². The average Bonchev–Trinajstić information content (AvgIpc) is 2.89. The molecule has 0 aliphatic carbocycles. The quantitative estimate of drug-likeness (QED) is 0.703. The third-order valence-corrected chi connectivity index (χ3v) is 3.94. The lowest BCUT2D eigenvalue weighted by molar-refractivity contribution is 0.201. The number of nitrogens with zero attached hydrogens (tertiary/aromatic N) is 3. The van der Waals surface area contributed by atoms with Crippen LogP contribution in [0.5, 0.6) is 0 Å². The summed E-state index contributed by atoms with van der Waals surface area (Å²) in [7, 11) is 0. The largest absolute Gasteiger partial charge is 0.465 e. The van der Waals surface area contributed by atoms with Crippen LogP contribution in [-0.2, 0) is 5.41 Å². The van der Waals surface area contributed by atoms with Crippen LogP contribution in [0, 0.1) is 6.92 Å². The van der Waals surface area contributed by atoms with Gasteiger partial charge in [-0.2, -0.15) is 5.10 Å². The highest BCUT2D eigenvalue weighted by Gasteiger charge is 2.32. The van der Waals surface area contributed by atoms with Crippen LogP contribution in [-0.4, -0.2) is 31.3 Å². The minimum Gasteiger partial charge on any atom is -0.465 e. The minimum atomic E-state index is -1.75. The smallest absolute Gasteiger partial charge is 0.413 e. The molecule has 5 nitrogen and oxygen atoms in total. The standard InChI is InChI=1S/C17H20Cl3N3O2/c1-11-5-7-12(8-6-11)23-14(9-13(21-23)16(2,3)4)22(15(24)25)10-17(18,19)20/h5-9H,10H2,1-4H3,(H,24,25). The van der Waals surface area contributed by atoms with Gasteiger partial charge in [0.05, 0.1) is 17.9 Å². The van der Waals surface area contributed by atoms with Crippen LogP contribution in [0.2, 0.25) is 0 Å². The highest BCUT2D eigenvalue weighted by atomic mass is 35.6. The highest BCUT2D eigenvalue weighted by molar-refractivity contribution is 6.68. The molecule has 0 radical (unpaired) electrons. The summed E-state index contributed by atoms with van der Waals surface area (Å²) in [4.78, 5) is 12.8. The first-order valence-corrected chi connectivity index (χ1v) is 8.77. The normalized spacial score (nSPS) is 12.3. The fourth-order valence-corrected chi connectivity index (χ4v) is 2.59. The van der Waals surface area contributed by atoms with E-state index in [4.69, 9.17) is 34.8 Å². The Bertz CT molecular complexity index is 759. The van der Waals surface area contributed by atoms with Crippen LogP contribution in [0.3, 0.4) is 0 Å². The van der Waals surface area contributed by atoms with Crippen molar-refractivity contribution in [1.82, 2.24) is 9.78 Å². The molecule has 1 heterocycles. The van der Waals surface area contributed by atoms with E-state index in [1.54, 1.807) is 10.7 Å². The van der Waals surface area contributed by atoms with Gasteiger partial charge in [0.25, 0.3) is 0 Å². The van der Waals surface area contributed by atoms with Crippen LogP contribution in [0.15, 0.2) is 30.3 Å². The molecule has 1 N–H and O–H groups in total. The molecule has 2 rings (SSSR count). The topological polar surface area (TPSA) is 58.4 Å². The first kappa shape index (κ1) is 19.9. The molecule has 2 aromatic rings. The van der Waals surface area contributed by atoms with Crippen LogP contribution in [0.25, 0.3) is 5.69 Å². The second kappa shape index (κ2) is 7.06. The Kier molecular flexibility index (Phi) is 5.62. The van der Waals surface area contributed by atoms with Gasteiger partial charge in [-0.25, -0.2) is 9.48 Å². The zero-order valence-electron chi connectivity index (χ0n) is 14.4. The number of hydrogen-bond acceptors (Lipinski definition) is 2. The lowest BCUT2D eigenvalue weighted by Crippen LogP contribution is -2.38. The molecule has 1 aromatic carbocycles. The highest BCUT2D eigenvalue weighted by Crippen LogP contribution is 2.33. The lowest BCUT2D eigenvalue weighted by Gasteiger charge is -2.23. The predicted octanol–water partition coefficient (Wildman–Crippen LogP) is 5.33. The van der Waals surface area contributed by atoms with Gasteiger partial charge in [-0.1, -0.05) is 73.3 Å². The number of carboxylic acid groups (broad SMARTS) is 1. The summed E-state index contributed by atoms with van der Waals surface area (Å²) >= 11 is 17.5. The number of rotatable bonds is 3. The van der Waals surface area contributed by atoms with Crippen molar-refractivity contribution in [2.24, 2.45) is 0 Å². The molecule has 0 bridgehead atoms. The molecule has 0 spiro atoms. The van der Waals surface area contributed by atoms with E-state index in [0.717, 1.165) is 21.8 Å². The number of aryl methyl sites for hydroxylation is 1. The molecule has 1 amide bonds. The molecule has 0 atom stereocenters. The van der Waals surface area contributed by atoms with Gasteiger partial charge in [-0.3, -0.25) is 4.90 Å². The van der Waals surface area contributed by atoms with E-state index < -0.39 is 9.89 Å². The van der Waals surface area contributed by atoms with E-state index in [-0.39, 0.29) is 12.0 Å². The maximum atomic E-state index is 11.8. The molecule has 0 saturated carbocycles. The molecule has 1 aromatic heterocycles. The van der Waals surface area contributed by atoms with Crippen molar-refractivity contribution in [1.29, 1.82) is 0 Å². The van der Waals surface area contributed by atoms with Gasteiger partial charge in [-0.05, 0) is 19.1 Å². The fourth-order valence-electron chi connectivity index (χ4n) is 2.23. The maximum Gasteiger partial charge on any atom is 0.413 e. The monoisotopic (exact) mass is 403 g/mol. The molecule has 0 saturated heterocycles. The number of carbonyl (C=O) groups is 1. The summed E-state index contributed by atoms with van der Waals surface area (Å²) in [6.07, 6.45) is -1.22. The molecular formula is C17H20Cl3N3O2. The molecule has 0 fully saturated rings. The van der Waals surface area contributed by atoms with E-state index in [1.807, 2.05) is 52.0 Å². The minimum absolute atomic E-state index is 0.269. The van der Waals surface area contributed by atoms with Crippen molar-refractivity contribution in [3.63, 3.8) is 0 Å². The summed E-state index contributed by atoms with van der Waals surface area (Å²) in [5, 5.41) is 14.2. The van der Waals surface area contributed by atoms with Crippen molar-refractivity contribution in [2.45, 2.75) is 36.9 Å². The van der Waals surface area contributed by atoms with Gasteiger partial charge in [0.2, 0.25) is 3.79 Å². The number of benzene rings is 1. The zero-order valence-corrected chi connectivity index (χ0v) is 16.7. The lowest BCUT2D eigenvalue weighted by atomic mass is 9.92. The van der Waals surface area contributed by atoms with Gasteiger partial charge in [-0.15, -0.1) is 0 Å². The van der Waals surface area contributed by atoms with Crippen molar-refractivity contribution in [2.75, 3.05) is 11.4 Å². The molecule has 136 valence electrons. The number of amides is 1. The van der Waals surface area contributed by atoms with E-state index in [1.165, 1.54) is 0 Å². The number of anilines is 1. The predicted molar refractivity (Wildman–Crippen MR) is 103 cm³/mol. The molecule has 0 aliphatic rings. The first-order valence-electron chi connectivity index (χ1n) is 7.63. The van der Waals surface area contributed by atoms with Crippen LogP contribution < -0.4 is 4.90 Å². The Morgan fingerprint density at radius 3 is 2.20 bits per heavy atom. The molecule has 8 heteroatoms. The Morgan fingerprint density at radius 1 is 1.20 bits per heavy atom. The van der Waals surface area contributed by atoms with Crippen LogP contribution in [0.1, 0.15) is 32.0 Å². The summed E-state index contributed by atoms with van der Waals surface area (Å²) in [5.74, 6) is 0.326. The van der Waals surface area contributed by atoms with Gasteiger partial charge in [0, 0.05) is 11.5 Å². The summed E-state index contributed by atoms with van der Waals surface area (Å²) < 4.78 is -0.187. The first-order chi connectivity index (χ1) is 11.4. The molecule has 0 unspecified atom stereocenters. The molecule has 25 heavy (non-hydrogen) atoms. The SMILES string of the molecule is Cc1ccc(-n2nc(C(C)(C)C)cc2N(CC(Cl)(Cl)Cl)C(=O)O)cc1. The summed E-state index contributed by atoms with van der Waals surface area (Å²) in [5.41, 5.74) is 2.28. The van der Waals surface area contributed by atoms with Crippen LogP contribution >= 0.6 is 34.8 Å². The Hall–Kier alpha value is -1.43. The van der Waals surface area contributed by atoms with Gasteiger partial charge >= 0.3 is 6.09 Å². The molecular weight excluding hydrogens is 385 g/mol. The van der Waals surface area contributed by atoms with E-state index in [9.17, 15) is 9.90 Å². The Morgan fingerprint density at radius 2 is 1.76 bits per heavy atom. The zero-order chi connectivity index (χ0) is 19.0. The average molecular weight is 405 g/mol. The molecule has 0 aliphatic heterocycles. The van der Waals surface area contributed by atoms with E-state index in [0.29, 0.717) is 5.82 Å². The number of hydrogen-bond donors (Lipinski definition) is 1.